The molecule has 0 saturated heterocycles. The maximum Gasteiger partial charge on any atom is 0.213 e. The summed E-state index contributed by atoms with van der Waals surface area (Å²) in [5, 5.41) is 4.14. The average Bonchev–Trinajstić information content (AvgIpc) is 2.43. The van der Waals surface area contributed by atoms with Crippen molar-refractivity contribution in [1.29, 1.82) is 0 Å². The highest BCUT2D eigenvalue weighted by molar-refractivity contribution is 6.30. The molecule has 1 N–H and O–H groups in total. The predicted molar refractivity (Wildman–Crippen MR) is 86.6 cm³/mol. The van der Waals surface area contributed by atoms with Gasteiger partial charge >= 0.3 is 0 Å². The molecule has 112 valence electrons. The molecule has 1 aromatic heterocycles. The normalized spacial score (nSPS) is 11.4. The average molecular weight is 305 g/mol. The number of halogens is 1. The number of hydrogen-bond donors (Lipinski definition) is 1. The van der Waals surface area contributed by atoms with Crippen LogP contribution in [0.4, 0.5) is 0 Å². The lowest BCUT2D eigenvalue weighted by molar-refractivity contribution is 0.293. The van der Waals surface area contributed by atoms with Crippen LogP contribution < -0.4 is 10.1 Å². The zero-order valence-electron chi connectivity index (χ0n) is 12.7. The molecule has 0 radical (unpaired) electrons. The van der Waals surface area contributed by atoms with Gasteiger partial charge in [0, 0.05) is 29.4 Å². The van der Waals surface area contributed by atoms with E-state index in [1.165, 1.54) is 0 Å². The maximum atomic E-state index is 5.94. The van der Waals surface area contributed by atoms with Crippen molar-refractivity contribution >= 4 is 11.6 Å². The topological polar surface area (TPSA) is 34.1 Å². The van der Waals surface area contributed by atoms with E-state index in [2.05, 4.69) is 31.1 Å². The maximum absolute atomic E-state index is 5.94. The fourth-order valence-corrected chi connectivity index (χ4v) is 1.97. The predicted octanol–water partition coefficient (Wildman–Crippen LogP) is 4.20. The summed E-state index contributed by atoms with van der Waals surface area (Å²) in [5.41, 5.74) is 2.27. The van der Waals surface area contributed by atoms with E-state index in [4.69, 9.17) is 16.3 Å². The second-order valence-electron chi connectivity index (χ2n) is 6.03. The molecule has 3 nitrogen and oxygen atoms in total. The first-order valence-electron chi connectivity index (χ1n) is 6.99. The van der Waals surface area contributed by atoms with Gasteiger partial charge in [-0.15, -0.1) is 0 Å². The van der Waals surface area contributed by atoms with Crippen LogP contribution in [-0.2, 0) is 13.2 Å². The van der Waals surface area contributed by atoms with Crippen LogP contribution in [0.1, 0.15) is 31.9 Å². The van der Waals surface area contributed by atoms with Gasteiger partial charge in [-0.1, -0.05) is 29.8 Å². The van der Waals surface area contributed by atoms with Gasteiger partial charge in [0.15, 0.2) is 0 Å². The van der Waals surface area contributed by atoms with E-state index in [0.29, 0.717) is 17.5 Å². The van der Waals surface area contributed by atoms with E-state index < -0.39 is 0 Å². The summed E-state index contributed by atoms with van der Waals surface area (Å²) in [6.07, 6.45) is 1.84. The van der Waals surface area contributed by atoms with Gasteiger partial charge in [0.1, 0.15) is 6.61 Å². The Kier molecular flexibility index (Phi) is 5.21. The summed E-state index contributed by atoms with van der Waals surface area (Å²) in [5.74, 6) is 0.620. The molecule has 0 amide bonds. The van der Waals surface area contributed by atoms with Crippen molar-refractivity contribution in [1.82, 2.24) is 10.3 Å². The molecule has 1 heterocycles. The lowest BCUT2D eigenvalue weighted by Gasteiger charge is -2.20. The van der Waals surface area contributed by atoms with Gasteiger partial charge in [-0.05, 0) is 44.0 Å². The van der Waals surface area contributed by atoms with Crippen LogP contribution in [0, 0.1) is 0 Å². The first-order valence-corrected chi connectivity index (χ1v) is 7.37. The summed E-state index contributed by atoms with van der Waals surface area (Å²) in [7, 11) is 0. The molecule has 0 aliphatic rings. The summed E-state index contributed by atoms with van der Waals surface area (Å²) in [4.78, 5) is 4.32. The van der Waals surface area contributed by atoms with Gasteiger partial charge in [-0.3, -0.25) is 0 Å². The van der Waals surface area contributed by atoms with Crippen molar-refractivity contribution in [3.05, 3.63) is 58.7 Å². The molecule has 0 aliphatic heterocycles. The minimum Gasteiger partial charge on any atom is -0.473 e. The number of nitrogens with zero attached hydrogens (tertiary/aromatic N) is 1. The summed E-state index contributed by atoms with van der Waals surface area (Å²) >= 11 is 5.94. The molecular formula is C17H21ClN2O. The van der Waals surface area contributed by atoms with Crippen LogP contribution in [0.5, 0.6) is 5.88 Å². The number of ether oxygens (including phenoxy) is 1. The van der Waals surface area contributed by atoms with E-state index in [0.717, 1.165) is 17.7 Å². The molecular weight excluding hydrogens is 284 g/mol. The zero-order chi connectivity index (χ0) is 15.3. The Morgan fingerprint density at radius 2 is 1.95 bits per heavy atom. The van der Waals surface area contributed by atoms with E-state index in [1.54, 1.807) is 0 Å². The standard InChI is InChI=1S/C17H21ClN2O/c1-17(2,3)20-11-14-7-8-16(19-10-14)21-12-13-5-4-6-15(18)9-13/h4-10,20H,11-12H2,1-3H3. The van der Waals surface area contributed by atoms with Crippen LogP contribution in [0.3, 0.4) is 0 Å². The lowest BCUT2D eigenvalue weighted by atomic mass is 10.1. The quantitative estimate of drug-likeness (QED) is 0.899. The SMILES string of the molecule is CC(C)(C)NCc1ccc(OCc2cccc(Cl)c2)nc1. The van der Waals surface area contributed by atoms with Crippen molar-refractivity contribution in [3.8, 4) is 5.88 Å². The second-order valence-corrected chi connectivity index (χ2v) is 6.46. The number of aromatic nitrogens is 1. The Balaban J connectivity index is 1.87. The first-order chi connectivity index (χ1) is 9.92. The van der Waals surface area contributed by atoms with Crippen LogP contribution in [0.2, 0.25) is 5.02 Å². The van der Waals surface area contributed by atoms with Gasteiger partial charge in [0.05, 0.1) is 0 Å². The molecule has 0 atom stereocenters. The van der Waals surface area contributed by atoms with Crippen LogP contribution in [0.25, 0.3) is 0 Å². The van der Waals surface area contributed by atoms with Crippen molar-refractivity contribution < 1.29 is 4.74 Å². The fourth-order valence-electron chi connectivity index (χ4n) is 1.75. The van der Waals surface area contributed by atoms with Gasteiger partial charge in [0.2, 0.25) is 5.88 Å². The lowest BCUT2D eigenvalue weighted by Crippen LogP contribution is -2.35. The summed E-state index contributed by atoms with van der Waals surface area (Å²) in [6, 6.07) is 11.6. The van der Waals surface area contributed by atoms with Gasteiger partial charge in [-0.2, -0.15) is 0 Å². The molecule has 0 saturated carbocycles. The molecule has 2 rings (SSSR count). The van der Waals surface area contributed by atoms with E-state index in [9.17, 15) is 0 Å². The highest BCUT2D eigenvalue weighted by atomic mass is 35.5. The monoisotopic (exact) mass is 304 g/mol. The van der Waals surface area contributed by atoms with Crippen molar-refractivity contribution in [2.24, 2.45) is 0 Å². The zero-order valence-corrected chi connectivity index (χ0v) is 13.4. The molecule has 21 heavy (non-hydrogen) atoms. The van der Waals surface area contributed by atoms with Crippen molar-refractivity contribution in [2.75, 3.05) is 0 Å². The third-order valence-corrected chi connectivity index (χ3v) is 3.13. The number of benzene rings is 1. The van der Waals surface area contributed by atoms with Crippen molar-refractivity contribution in [2.45, 2.75) is 39.5 Å². The number of rotatable bonds is 5. The molecule has 0 spiro atoms. The Labute approximate surface area is 131 Å². The molecule has 0 unspecified atom stereocenters. The van der Waals surface area contributed by atoms with E-state index in [1.807, 2.05) is 42.6 Å². The summed E-state index contributed by atoms with van der Waals surface area (Å²) in [6.45, 7) is 7.69. The van der Waals surface area contributed by atoms with Gasteiger partial charge < -0.3 is 10.1 Å². The highest BCUT2D eigenvalue weighted by Gasteiger charge is 2.08. The van der Waals surface area contributed by atoms with Crippen molar-refractivity contribution in [3.63, 3.8) is 0 Å². The third-order valence-electron chi connectivity index (χ3n) is 2.90. The fraction of sp³-hybridized carbons (Fsp3) is 0.353. The highest BCUT2D eigenvalue weighted by Crippen LogP contribution is 2.14. The Bertz CT molecular complexity index is 576. The Morgan fingerprint density at radius 1 is 1.14 bits per heavy atom. The minimum absolute atomic E-state index is 0.0990. The van der Waals surface area contributed by atoms with Gasteiger partial charge in [0.25, 0.3) is 0 Å². The minimum atomic E-state index is 0.0990. The largest absolute Gasteiger partial charge is 0.473 e. The Morgan fingerprint density at radius 3 is 2.57 bits per heavy atom. The molecule has 0 fully saturated rings. The molecule has 2 aromatic rings. The van der Waals surface area contributed by atoms with Crippen LogP contribution in [-0.4, -0.2) is 10.5 Å². The Hall–Kier alpha value is -1.58. The van der Waals surface area contributed by atoms with Crippen LogP contribution >= 0.6 is 11.6 Å². The number of hydrogen-bond acceptors (Lipinski definition) is 3. The number of pyridine rings is 1. The van der Waals surface area contributed by atoms with Crippen LogP contribution in [0.15, 0.2) is 42.6 Å². The van der Waals surface area contributed by atoms with Gasteiger partial charge in [-0.25, -0.2) is 4.98 Å². The molecule has 0 aliphatic carbocycles. The molecule has 4 heteroatoms. The second kappa shape index (κ2) is 6.92. The van der Waals surface area contributed by atoms with E-state index in [-0.39, 0.29) is 5.54 Å². The molecule has 0 bridgehead atoms. The van der Waals surface area contributed by atoms with E-state index >= 15 is 0 Å². The smallest absolute Gasteiger partial charge is 0.213 e. The number of nitrogens with one attached hydrogen (secondary N) is 1. The third kappa shape index (κ3) is 5.74. The summed E-state index contributed by atoms with van der Waals surface area (Å²) < 4.78 is 5.66. The molecule has 1 aromatic carbocycles. The first kappa shape index (κ1) is 15.8.